The lowest BCUT2D eigenvalue weighted by atomic mass is 10.1. The monoisotopic (exact) mass is 313 g/mol. The number of nitrogens with one attached hydrogen (secondary N) is 2. The molecule has 1 rings (SSSR count). The van der Waals surface area contributed by atoms with Gasteiger partial charge in [-0.25, -0.2) is 5.43 Å². The van der Waals surface area contributed by atoms with Crippen LogP contribution in [0.2, 0.25) is 0 Å². The van der Waals surface area contributed by atoms with Gasteiger partial charge < -0.3 is 5.32 Å². The maximum Gasteiger partial charge on any atom is 0.417 e. The zero-order valence-electron chi connectivity index (χ0n) is 11.5. The summed E-state index contributed by atoms with van der Waals surface area (Å²) < 4.78 is 38.1. The quantitative estimate of drug-likeness (QED) is 0.364. The molecular weight excluding hydrogens is 299 g/mol. The topological polar surface area (TPSA) is 70.6 Å². The van der Waals surface area contributed by atoms with E-state index in [4.69, 9.17) is 0 Å². The zero-order chi connectivity index (χ0) is 16.6. The molecule has 0 spiro atoms. The molecule has 5 nitrogen and oxygen atoms in total. The molecule has 0 saturated heterocycles. The molecule has 0 heterocycles. The molecule has 2 amide bonds. The van der Waals surface area contributed by atoms with E-state index in [0.717, 1.165) is 12.3 Å². The first-order valence-electron chi connectivity index (χ1n) is 6.20. The van der Waals surface area contributed by atoms with Gasteiger partial charge in [-0.2, -0.15) is 18.3 Å². The Balaban J connectivity index is 2.61. The van der Waals surface area contributed by atoms with Gasteiger partial charge in [0.25, 0.3) is 0 Å². The molecule has 118 valence electrons. The SMILES string of the molecule is C=CCNC(=O)CC(=O)N/N=C\c1ccccc1C(F)(F)F. The smallest absolute Gasteiger partial charge is 0.352 e. The van der Waals surface area contributed by atoms with Crippen LogP contribution in [-0.4, -0.2) is 24.6 Å². The highest BCUT2D eigenvalue weighted by Gasteiger charge is 2.32. The number of halogens is 3. The second-order valence-electron chi connectivity index (χ2n) is 4.15. The molecule has 0 fully saturated rings. The third-order valence-electron chi connectivity index (χ3n) is 2.42. The second-order valence-corrected chi connectivity index (χ2v) is 4.15. The minimum atomic E-state index is -4.52. The summed E-state index contributed by atoms with van der Waals surface area (Å²) in [5, 5.41) is 5.81. The summed E-state index contributed by atoms with van der Waals surface area (Å²) in [6.07, 6.45) is -2.67. The van der Waals surface area contributed by atoms with Crippen molar-refractivity contribution in [2.45, 2.75) is 12.6 Å². The molecule has 22 heavy (non-hydrogen) atoms. The lowest BCUT2D eigenvalue weighted by Gasteiger charge is -2.09. The van der Waals surface area contributed by atoms with Crippen LogP contribution in [0.5, 0.6) is 0 Å². The second kappa shape index (κ2) is 7.96. The van der Waals surface area contributed by atoms with Gasteiger partial charge in [0.2, 0.25) is 11.8 Å². The first-order valence-corrected chi connectivity index (χ1v) is 6.20. The Morgan fingerprint density at radius 1 is 1.23 bits per heavy atom. The van der Waals surface area contributed by atoms with Crippen molar-refractivity contribution in [2.75, 3.05) is 6.54 Å². The lowest BCUT2D eigenvalue weighted by molar-refractivity contribution is -0.137. The summed E-state index contributed by atoms with van der Waals surface area (Å²) in [6, 6.07) is 4.80. The average molecular weight is 313 g/mol. The molecule has 0 radical (unpaired) electrons. The van der Waals surface area contributed by atoms with Crippen molar-refractivity contribution in [3.8, 4) is 0 Å². The molecule has 0 saturated carbocycles. The Bertz CT molecular complexity index is 583. The van der Waals surface area contributed by atoms with Crippen molar-refractivity contribution in [1.82, 2.24) is 10.7 Å². The van der Waals surface area contributed by atoms with Gasteiger partial charge in [-0.15, -0.1) is 6.58 Å². The van der Waals surface area contributed by atoms with Crippen molar-refractivity contribution in [1.29, 1.82) is 0 Å². The van der Waals surface area contributed by atoms with Gasteiger partial charge in [0.15, 0.2) is 0 Å². The Kier molecular flexibility index (Phi) is 6.30. The third-order valence-corrected chi connectivity index (χ3v) is 2.42. The normalized spacial score (nSPS) is 11.2. The van der Waals surface area contributed by atoms with Crippen LogP contribution >= 0.6 is 0 Å². The van der Waals surface area contributed by atoms with E-state index in [-0.39, 0.29) is 12.1 Å². The number of hydrazone groups is 1. The largest absolute Gasteiger partial charge is 0.417 e. The summed E-state index contributed by atoms with van der Waals surface area (Å²) in [5.41, 5.74) is 0.941. The molecule has 0 aliphatic rings. The number of rotatable bonds is 6. The van der Waals surface area contributed by atoms with Crippen LogP contribution in [0.4, 0.5) is 13.2 Å². The summed E-state index contributed by atoms with van der Waals surface area (Å²) in [7, 11) is 0. The lowest BCUT2D eigenvalue weighted by Crippen LogP contribution is -2.29. The Morgan fingerprint density at radius 3 is 2.55 bits per heavy atom. The van der Waals surface area contributed by atoms with Gasteiger partial charge in [0.1, 0.15) is 6.42 Å². The Hall–Kier alpha value is -2.64. The van der Waals surface area contributed by atoms with Crippen molar-refractivity contribution >= 4 is 18.0 Å². The van der Waals surface area contributed by atoms with Crippen LogP contribution in [0.25, 0.3) is 0 Å². The van der Waals surface area contributed by atoms with Crippen molar-refractivity contribution in [2.24, 2.45) is 5.10 Å². The molecule has 0 aromatic heterocycles. The van der Waals surface area contributed by atoms with E-state index in [1.165, 1.54) is 24.3 Å². The predicted molar refractivity (Wildman–Crippen MR) is 75.0 cm³/mol. The van der Waals surface area contributed by atoms with E-state index in [9.17, 15) is 22.8 Å². The average Bonchev–Trinajstić information content (AvgIpc) is 2.44. The highest BCUT2D eigenvalue weighted by atomic mass is 19.4. The van der Waals surface area contributed by atoms with Crippen LogP contribution in [0.3, 0.4) is 0 Å². The highest BCUT2D eigenvalue weighted by molar-refractivity contribution is 5.97. The van der Waals surface area contributed by atoms with Crippen molar-refractivity contribution < 1.29 is 22.8 Å². The van der Waals surface area contributed by atoms with Gasteiger partial charge in [-0.1, -0.05) is 24.3 Å². The van der Waals surface area contributed by atoms with Gasteiger partial charge >= 0.3 is 6.18 Å². The maximum atomic E-state index is 12.7. The van der Waals surface area contributed by atoms with E-state index < -0.39 is 30.0 Å². The molecule has 0 bridgehead atoms. The first kappa shape index (κ1) is 17.4. The fraction of sp³-hybridized carbons (Fsp3) is 0.214. The first-order chi connectivity index (χ1) is 10.3. The van der Waals surface area contributed by atoms with E-state index >= 15 is 0 Å². The summed E-state index contributed by atoms with van der Waals surface area (Å²) in [4.78, 5) is 22.6. The number of amides is 2. The minimum Gasteiger partial charge on any atom is -0.352 e. The van der Waals surface area contributed by atoms with Gasteiger partial charge in [0, 0.05) is 12.1 Å². The van der Waals surface area contributed by atoms with E-state index in [1.807, 2.05) is 5.43 Å². The number of carbonyl (C=O) groups is 2. The molecule has 1 aromatic rings. The van der Waals surface area contributed by atoms with Gasteiger partial charge in [0.05, 0.1) is 11.8 Å². The number of hydrogen-bond acceptors (Lipinski definition) is 3. The summed E-state index contributed by atoms with van der Waals surface area (Å²) in [6.45, 7) is 3.61. The minimum absolute atomic E-state index is 0.189. The van der Waals surface area contributed by atoms with Gasteiger partial charge in [-0.3, -0.25) is 9.59 Å². The third kappa shape index (κ3) is 5.78. The fourth-order valence-electron chi connectivity index (χ4n) is 1.48. The number of nitrogens with zero attached hydrogens (tertiary/aromatic N) is 1. The molecule has 8 heteroatoms. The standard InChI is InChI=1S/C14H14F3N3O2/c1-2-7-18-12(21)8-13(22)20-19-9-10-5-3-4-6-11(10)14(15,16)17/h2-6,9H,1,7-8H2,(H,18,21)(H,20,22)/b19-9-. The predicted octanol–water partition coefficient (Wildman–Crippen LogP) is 1.85. The summed E-state index contributed by atoms with van der Waals surface area (Å²) >= 11 is 0. The Morgan fingerprint density at radius 2 is 1.91 bits per heavy atom. The highest BCUT2D eigenvalue weighted by Crippen LogP contribution is 2.30. The summed E-state index contributed by atoms with van der Waals surface area (Å²) in [5.74, 6) is -1.27. The van der Waals surface area contributed by atoms with Crippen molar-refractivity contribution in [3.63, 3.8) is 0 Å². The van der Waals surface area contributed by atoms with Crippen LogP contribution in [0.15, 0.2) is 42.0 Å². The van der Waals surface area contributed by atoms with Crippen molar-refractivity contribution in [3.05, 3.63) is 48.0 Å². The van der Waals surface area contributed by atoms with E-state index in [1.54, 1.807) is 0 Å². The molecule has 2 N–H and O–H groups in total. The molecular formula is C14H14F3N3O2. The zero-order valence-corrected chi connectivity index (χ0v) is 11.5. The maximum absolute atomic E-state index is 12.7. The molecule has 0 aliphatic carbocycles. The number of alkyl halides is 3. The van der Waals surface area contributed by atoms with E-state index in [0.29, 0.717) is 0 Å². The van der Waals surface area contributed by atoms with Crippen LogP contribution < -0.4 is 10.7 Å². The van der Waals surface area contributed by atoms with E-state index in [2.05, 4.69) is 17.0 Å². The molecule has 0 atom stereocenters. The van der Waals surface area contributed by atoms with Crippen LogP contribution in [0, 0.1) is 0 Å². The fourth-order valence-corrected chi connectivity index (χ4v) is 1.48. The van der Waals surface area contributed by atoms with Gasteiger partial charge in [-0.05, 0) is 6.07 Å². The number of hydrogen-bond donors (Lipinski definition) is 2. The molecule has 1 aromatic carbocycles. The van der Waals surface area contributed by atoms with Crippen LogP contribution in [0.1, 0.15) is 17.5 Å². The molecule has 0 unspecified atom stereocenters. The number of carbonyl (C=O) groups excluding carboxylic acids is 2. The molecule has 0 aliphatic heterocycles. The Labute approximate surface area is 124 Å². The number of benzene rings is 1. The van der Waals surface area contributed by atoms with Crippen LogP contribution in [-0.2, 0) is 15.8 Å².